The smallest absolute Gasteiger partial charge is 0.278 e. The molecule has 5 aromatic rings. The van der Waals surface area contributed by atoms with Gasteiger partial charge < -0.3 is 14.6 Å². The molecule has 0 spiro atoms. The van der Waals surface area contributed by atoms with E-state index in [4.69, 9.17) is 4.74 Å². The molecule has 1 amide bonds. The zero-order chi connectivity index (χ0) is 24.5. The SMILES string of the molecule is COc1ccc(Cn2cnc3c4ccccc4n(CC(=O)Nc4ccc(C)c(C)c4)c3c2=O)cc1. The van der Waals surface area contributed by atoms with Crippen molar-refractivity contribution in [2.75, 3.05) is 12.4 Å². The summed E-state index contributed by atoms with van der Waals surface area (Å²) in [5.41, 5.74) is 5.55. The van der Waals surface area contributed by atoms with Gasteiger partial charge in [-0.15, -0.1) is 0 Å². The monoisotopic (exact) mass is 466 g/mol. The van der Waals surface area contributed by atoms with E-state index in [0.29, 0.717) is 17.6 Å². The first-order chi connectivity index (χ1) is 16.9. The Morgan fingerprint density at radius 3 is 2.51 bits per heavy atom. The number of methoxy groups -OCH3 is 1. The van der Waals surface area contributed by atoms with Crippen LogP contribution in [0.4, 0.5) is 5.69 Å². The number of hydrogen-bond donors (Lipinski definition) is 1. The lowest BCUT2D eigenvalue weighted by atomic mass is 10.1. The van der Waals surface area contributed by atoms with Crippen LogP contribution in [0.15, 0.2) is 77.9 Å². The van der Waals surface area contributed by atoms with Gasteiger partial charge in [-0.1, -0.05) is 36.4 Å². The Bertz CT molecular complexity index is 1610. The fourth-order valence-corrected chi connectivity index (χ4v) is 4.32. The number of rotatable bonds is 6. The fourth-order valence-electron chi connectivity index (χ4n) is 4.32. The number of nitrogens with zero attached hydrogens (tertiary/aromatic N) is 3. The summed E-state index contributed by atoms with van der Waals surface area (Å²) in [7, 11) is 1.62. The van der Waals surface area contributed by atoms with Crippen molar-refractivity contribution in [3.63, 3.8) is 0 Å². The lowest BCUT2D eigenvalue weighted by Gasteiger charge is -2.11. The maximum atomic E-state index is 13.6. The molecule has 0 fully saturated rings. The van der Waals surface area contributed by atoms with E-state index in [0.717, 1.165) is 39.0 Å². The first-order valence-electron chi connectivity index (χ1n) is 11.4. The van der Waals surface area contributed by atoms with Crippen molar-refractivity contribution >= 4 is 33.5 Å². The number of amides is 1. The zero-order valence-electron chi connectivity index (χ0n) is 19.9. The number of aromatic nitrogens is 3. The van der Waals surface area contributed by atoms with Gasteiger partial charge >= 0.3 is 0 Å². The molecule has 0 bridgehead atoms. The summed E-state index contributed by atoms with van der Waals surface area (Å²) in [4.78, 5) is 31.3. The minimum Gasteiger partial charge on any atom is -0.497 e. The molecule has 0 saturated carbocycles. The predicted octanol–water partition coefficient (Wildman–Crippen LogP) is 4.66. The Hall–Kier alpha value is -4.39. The summed E-state index contributed by atoms with van der Waals surface area (Å²) in [6.07, 6.45) is 1.57. The third kappa shape index (κ3) is 4.28. The van der Waals surface area contributed by atoms with Crippen LogP contribution in [0, 0.1) is 13.8 Å². The van der Waals surface area contributed by atoms with Crippen LogP contribution in [0.25, 0.3) is 21.9 Å². The highest BCUT2D eigenvalue weighted by Gasteiger charge is 2.18. The van der Waals surface area contributed by atoms with E-state index in [2.05, 4.69) is 10.3 Å². The van der Waals surface area contributed by atoms with E-state index in [1.165, 1.54) is 0 Å². The average molecular weight is 467 g/mol. The second-order valence-electron chi connectivity index (χ2n) is 8.67. The van der Waals surface area contributed by atoms with E-state index in [1.54, 1.807) is 22.6 Å². The number of carbonyl (C=O) groups excluding carboxylic acids is 1. The Morgan fingerprint density at radius 1 is 1.00 bits per heavy atom. The van der Waals surface area contributed by atoms with Gasteiger partial charge in [0.05, 0.1) is 25.5 Å². The molecule has 0 aliphatic heterocycles. The quantitative estimate of drug-likeness (QED) is 0.395. The number of nitrogens with one attached hydrogen (secondary N) is 1. The molecule has 0 aliphatic carbocycles. The number of hydrogen-bond acceptors (Lipinski definition) is 4. The molecule has 0 saturated heterocycles. The Kier molecular flexibility index (Phi) is 5.82. The van der Waals surface area contributed by atoms with Crippen molar-refractivity contribution in [3.05, 3.63) is 100 Å². The van der Waals surface area contributed by atoms with Crippen LogP contribution in [-0.4, -0.2) is 27.1 Å². The second-order valence-corrected chi connectivity index (χ2v) is 8.67. The van der Waals surface area contributed by atoms with Gasteiger partial charge in [0, 0.05) is 11.1 Å². The van der Waals surface area contributed by atoms with E-state index in [1.807, 2.05) is 80.6 Å². The van der Waals surface area contributed by atoms with Crippen molar-refractivity contribution in [2.24, 2.45) is 0 Å². The normalized spacial score (nSPS) is 11.2. The summed E-state index contributed by atoms with van der Waals surface area (Å²) in [6, 6.07) is 21.0. The third-order valence-corrected chi connectivity index (χ3v) is 6.34. The highest BCUT2D eigenvalue weighted by Crippen LogP contribution is 2.25. The van der Waals surface area contributed by atoms with Crippen molar-refractivity contribution in [1.29, 1.82) is 0 Å². The molecule has 0 unspecified atom stereocenters. The highest BCUT2D eigenvalue weighted by atomic mass is 16.5. The van der Waals surface area contributed by atoms with Crippen LogP contribution in [0.3, 0.4) is 0 Å². The van der Waals surface area contributed by atoms with Gasteiger partial charge in [0.2, 0.25) is 5.91 Å². The maximum Gasteiger partial charge on any atom is 0.278 e. The zero-order valence-corrected chi connectivity index (χ0v) is 19.9. The predicted molar refractivity (Wildman–Crippen MR) is 138 cm³/mol. The number of anilines is 1. The summed E-state index contributed by atoms with van der Waals surface area (Å²) >= 11 is 0. The van der Waals surface area contributed by atoms with Crippen molar-refractivity contribution < 1.29 is 9.53 Å². The van der Waals surface area contributed by atoms with Crippen LogP contribution >= 0.6 is 0 Å². The molecule has 7 nitrogen and oxygen atoms in total. The van der Waals surface area contributed by atoms with Crippen LogP contribution < -0.4 is 15.6 Å². The Morgan fingerprint density at radius 2 is 1.77 bits per heavy atom. The van der Waals surface area contributed by atoms with Gasteiger partial charge in [0.1, 0.15) is 23.3 Å². The summed E-state index contributed by atoms with van der Waals surface area (Å²) in [6.45, 7) is 4.40. The molecular formula is C28H26N4O3. The standard InChI is InChI=1S/C28H26N4O3/c1-18-8-11-21(14-19(18)2)30-25(33)16-32-24-7-5-4-6-23(24)26-27(32)28(34)31(17-29-26)15-20-9-12-22(35-3)13-10-20/h4-14,17H,15-16H2,1-3H3,(H,30,33). The number of fused-ring (bicyclic) bond motifs is 3. The van der Waals surface area contributed by atoms with E-state index in [-0.39, 0.29) is 18.0 Å². The Labute approximate surface area is 202 Å². The first kappa shape index (κ1) is 22.4. The summed E-state index contributed by atoms with van der Waals surface area (Å²) in [5, 5.41) is 3.80. The van der Waals surface area contributed by atoms with Crippen LogP contribution in [0.5, 0.6) is 5.75 Å². The van der Waals surface area contributed by atoms with Crippen molar-refractivity contribution in [3.8, 4) is 5.75 Å². The largest absolute Gasteiger partial charge is 0.497 e. The van der Waals surface area contributed by atoms with Gasteiger partial charge in [0.15, 0.2) is 0 Å². The van der Waals surface area contributed by atoms with Crippen molar-refractivity contribution in [1.82, 2.24) is 14.1 Å². The lowest BCUT2D eigenvalue weighted by Crippen LogP contribution is -2.25. The summed E-state index contributed by atoms with van der Waals surface area (Å²) < 4.78 is 8.55. The third-order valence-electron chi connectivity index (χ3n) is 6.34. The molecule has 0 aliphatic rings. The van der Waals surface area contributed by atoms with Crippen LogP contribution in [0.1, 0.15) is 16.7 Å². The van der Waals surface area contributed by atoms with Gasteiger partial charge in [-0.05, 0) is 60.9 Å². The topological polar surface area (TPSA) is 78.2 Å². The van der Waals surface area contributed by atoms with E-state index < -0.39 is 0 Å². The number of benzene rings is 3. The number of carbonyl (C=O) groups is 1. The van der Waals surface area contributed by atoms with Gasteiger partial charge in [-0.2, -0.15) is 0 Å². The molecule has 2 heterocycles. The van der Waals surface area contributed by atoms with Crippen molar-refractivity contribution in [2.45, 2.75) is 26.9 Å². The molecule has 2 aromatic heterocycles. The first-order valence-corrected chi connectivity index (χ1v) is 11.4. The highest BCUT2D eigenvalue weighted by molar-refractivity contribution is 6.06. The number of para-hydroxylation sites is 1. The Balaban J connectivity index is 1.54. The lowest BCUT2D eigenvalue weighted by molar-refractivity contribution is -0.116. The molecule has 5 rings (SSSR count). The molecule has 1 N–H and O–H groups in total. The molecular weight excluding hydrogens is 440 g/mol. The molecule has 0 radical (unpaired) electrons. The average Bonchev–Trinajstić information content (AvgIpc) is 3.17. The fraction of sp³-hybridized carbons (Fsp3) is 0.179. The number of aryl methyl sites for hydroxylation is 2. The van der Waals surface area contributed by atoms with E-state index >= 15 is 0 Å². The van der Waals surface area contributed by atoms with Crippen LogP contribution in [0.2, 0.25) is 0 Å². The number of ether oxygens (including phenoxy) is 1. The molecule has 3 aromatic carbocycles. The van der Waals surface area contributed by atoms with Gasteiger partial charge in [-0.3, -0.25) is 14.2 Å². The van der Waals surface area contributed by atoms with E-state index in [9.17, 15) is 9.59 Å². The molecule has 35 heavy (non-hydrogen) atoms. The van der Waals surface area contributed by atoms with Gasteiger partial charge in [0.25, 0.3) is 5.56 Å². The minimum atomic E-state index is -0.208. The molecule has 0 atom stereocenters. The maximum absolute atomic E-state index is 13.6. The van der Waals surface area contributed by atoms with Crippen LogP contribution in [-0.2, 0) is 17.9 Å². The molecule has 176 valence electrons. The second kappa shape index (κ2) is 9.10. The molecule has 7 heteroatoms. The minimum absolute atomic E-state index is 0.000403. The summed E-state index contributed by atoms with van der Waals surface area (Å²) in [5.74, 6) is 0.547. The van der Waals surface area contributed by atoms with Gasteiger partial charge in [-0.25, -0.2) is 4.98 Å².